The summed E-state index contributed by atoms with van der Waals surface area (Å²) in [6.45, 7) is 0.453. The first kappa shape index (κ1) is 17.1. The molecule has 6 nitrogen and oxygen atoms in total. The molecule has 1 atom stereocenters. The van der Waals surface area contributed by atoms with Gasteiger partial charge in [-0.2, -0.15) is 0 Å². The molecule has 25 heavy (non-hydrogen) atoms. The van der Waals surface area contributed by atoms with Gasteiger partial charge in [-0.15, -0.1) is 0 Å². The highest BCUT2D eigenvalue weighted by Gasteiger charge is 2.36. The Morgan fingerprint density at radius 3 is 2.52 bits per heavy atom. The molecule has 2 N–H and O–H groups in total. The average molecular weight is 343 g/mol. The van der Waals surface area contributed by atoms with Gasteiger partial charge in [-0.1, -0.05) is 24.3 Å². The van der Waals surface area contributed by atoms with Crippen LogP contribution in [0.1, 0.15) is 22.3 Å². The second kappa shape index (κ2) is 7.03. The Labute approximate surface area is 146 Å². The van der Waals surface area contributed by atoms with E-state index >= 15 is 0 Å². The van der Waals surface area contributed by atoms with E-state index in [-0.39, 0.29) is 12.5 Å². The molecular weight excluding hydrogens is 322 g/mol. The first-order valence-electron chi connectivity index (χ1n) is 8.03. The normalized spacial score (nSPS) is 18.7. The molecule has 1 aliphatic rings. The fourth-order valence-corrected chi connectivity index (χ4v) is 3.01. The lowest BCUT2D eigenvalue weighted by atomic mass is 9.88. The maximum absolute atomic E-state index is 12.7. The molecule has 0 fully saturated rings. The van der Waals surface area contributed by atoms with Gasteiger partial charge in [0.25, 0.3) is 5.91 Å². The predicted octanol–water partition coefficient (Wildman–Crippen LogP) is 2.10. The van der Waals surface area contributed by atoms with Crippen LogP contribution in [0.15, 0.2) is 42.5 Å². The van der Waals surface area contributed by atoms with Crippen molar-refractivity contribution >= 4 is 5.91 Å². The highest BCUT2D eigenvalue weighted by molar-refractivity contribution is 5.99. The highest BCUT2D eigenvalue weighted by Crippen LogP contribution is 2.36. The maximum atomic E-state index is 12.7. The molecule has 2 aromatic carbocycles. The Kier molecular flexibility index (Phi) is 4.81. The molecule has 2 aromatic rings. The molecule has 1 unspecified atom stereocenters. The van der Waals surface area contributed by atoms with Gasteiger partial charge in [0, 0.05) is 12.0 Å². The number of methoxy groups -OCH3 is 2. The van der Waals surface area contributed by atoms with Crippen LogP contribution in [-0.4, -0.2) is 38.4 Å². The lowest BCUT2D eigenvalue weighted by molar-refractivity contribution is -0.00165. The zero-order valence-electron chi connectivity index (χ0n) is 14.2. The van der Waals surface area contributed by atoms with Gasteiger partial charge in [-0.25, -0.2) is 0 Å². The van der Waals surface area contributed by atoms with Crippen LogP contribution in [0.25, 0.3) is 0 Å². The molecule has 1 amide bonds. The standard InChI is InChI=1S/C19H21NO5/c1-23-15-8-5-9-16(24-2)17(15)18(21)20-12-19(22)10-11-25-14-7-4-3-6-13(14)19/h3-9,22H,10-12H2,1-2H3,(H,20,21). The molecule has 6 heteroatoms. The average Bonchev–Trinajstić information content (AvgIpc) is 2.66. The molecule has 0 bridgehead atoms. The zero-order valence-corrected chi connectivity index (χ0v) is 14.2. The molecule has 0 spiro atoms. The van der Waals surface area contributed by atoms with E-state index in [1.165, 1.54) is 14.2 Å². The van der Waals surface area contributed by atoms with Crippen LogP contribution in [0.3, 0.4) is 0 Å². The Bertz CT molecular complexity index is 754. The number of carbonyl (C=O) groups is 1. The van der Waals surface area contributed by atoms with Gasteiger partial charge < -0.3 is 24.6 Å². The van der Waals surface area contributed by atoms with Crippen LogP contribution in [-0.2, 0) is 5.60 Å². The molecule has 0 saturated heterocycles. The van der Waals surface area contributed by atoms with Crippen LogP contribution >= 0.6 is 0 Å². The van der Waals surface area contributed by atoms with Crippen molar-refractivity contribution in [1.29, 1.82) is 0 Å². The largest absolute Gasteiger partial charge is 0.496 e. The van der Waals surface area contributed by atoms with E-state index in [2.05, 4.69) is 5.32 Å². The molecule has 1 aliphatic heterocycles. The number of carbonyl (C=O) groups excluding carboxylic acids is 1. The van der Waals surface area contributed by atoms with Gasteiger partial charge in [-0.05, 0) is 18.2 Å². The lowest BCUT2D eigenvalue weighted by Gasteiger charge is -2.34. The first-order chi connectivity index (χ1) is 12.1. The summed E-state index contributed by atoms with van der Waals surface area (Å²) in [6.07, 6.45) is 0.396. The second-order valence-corrected chi connectivity index (χ2v) is 5.85. The number of hydrogen-bond donors (Lipinski definition) is 2. The number of nitrogens with one attached hydrogen (secondary N) is 1. The molecule has 0 radical (unpaired) electrons. The minimum Gasteiger partial charge on any atom is -0.496 e. The van der Waals surface area contributed by atoms with Crippen LogP contribution in [0, 0.1) is 0 Å². The fraction of sp³-hybridized carbons (Fsp3) is 0.316. The molecular formula is C19H21NO5. The smallest absolute Gasteiger partial charge is 0.258 e. The summed E-state index contributed by atoms with van der Waals surface area (Å²) in [5.41, 5.74) is -0.204. The number of amides is 1. The van der Waals surface area contributed by atoms with Crippen molar-refractivity contribution in [3.63, 3.8) is 0 Å². The van der Waals surface area contributed by atoms with E-state index in [9.17, 15) is 9.90 Å². The summed E-state index contributed by atoms with van der Waals surface area (Å²) in [6, 6.07) is 12.4. The summed E-state index contributed by atoms with van der Waals surface area (Å²) >= 11 is 0. The Morgan fingerprint density at radius 1 is 1.16 bits per heavy atom. The van der Waals surface area contributed by atoms with Crippen molar-refractivity contribution in [2.24, 2.45) is 0 Å². The number of ether oxygens (including phenoxy) is 3. The van der Waals surface area contributed by atoms with E-state index in [4.69, 9.17) is 14.2 Å². The monoisotopic (exact) mass is 343 g/mol. The summed E-state index contributed by atoms with van der Waals surface area (Å²) < 4.78 is 16.1. The molecule has 132 valence electrons. The van der Waals surface area contributed by atoms with E-state index in [0.717, 1.165) is 0 Å². The quantitative estimate of drug-likeness (QED) is 0.869. The molecule has 0 aliphatic carbocycles. The zero-order chi connectivity index (χ0) is 17.9. The third kappa shape index (κ3) is 3.25. The first-order valence-corrected chi connectivity index (χ1v) is 8.03. The lowest BCUT2D eigenvalue weighted by Crippen LogP contribution is -2.44. The number of benzene rings is 2. The van der Waals surface area contributed by atoms with Crippen LogP contribution in [0.4, 0.5) is 0 Å². The summed E-state index contributed by atoms with van der Waals surface area (Å²) in [5.74, 6) is 1.10. The van der Waals surface area contributed by atoms with Gasteiger partial charge in [0.1, 0.15) is 28.4 Å². The molecule has 0 saturated carbocycles. The van der Waals surface area contributed by atoms with Crippen LogP contribution < -0.4 is 19.5 Å². The van der Waals surface area contributed by atoms with Crippen molar-refractivity contribution in [3.05, 3.63) is 53.6 Å². The second-order valence-electron chi connectivity index (χ2n) is 5.85. The fourth-order valence-electron chi connectivity index (χ4n) is 3.01. The number of hydrogen-bond acceptors (Lipinski definition) is 5. The minimum atomic E-state index is -1.18. The third-order valence-electron chi connectivity index (χ3n) is 4.36. The number of para-hydroxylation sites is 1. The topological polar surface area (TPSA) is 77.0 Å². The maximum Gasteiger partial charge on any atom is 0.258 e. The molecule has 1 heterocycles. The number of fused-ring (bicyclic) bond motifs is 1. The predicted molar refractivity (Wildman–Crippen MR) is 92.3 cm³/mol. The van der Waals surface area contributed by atoms with E-state index < -0.39 is 5.60 Å². The van der Waals surface area contributed by atoms with Crippen LogP contribution in [0.5, 0.6) is 17.2 Å². The minimum absolute atomic E-state index is 0.0629. The third-order valence-corrected chi connectivity index (χ3v) is 4.36. The summed E-state index contributed by atoms with van der Waals surface area (Å²) in [7, 11) is 2.99. The van der Waals surface area contributed by atoms with Gasteiger partial charge in [0.05, 0.1) is 27.4 Å². The van der Waals surface area contributed by atoms with Gasteiger partial charge in [0.2, 0.25) is 0 Å². The highest BCUT2D eigenvalue weighted by atomic mass is 16.5. The van der Waals surface area contributed by atoms with Crippen molar-refractivity contribution < 1.29 is 24.1 Å². The van der Waals surface area contributed by atoms with Gasteiger partial charge >= 0.3 is 0 Å². The Hall–Kier alpha value is -2.73. The van der Waals surface area contributed by atoms with Gasteiger partial charge in [0.15, 0.2) is 0 Å². The Morgan fingerprint density at radius 2 is 1.84 bits per heavy atom. The summed E-state index contributed by atoms with van der Waals surface area (Å²) in [5, 5.41) is 13.8. The van der Waals surface area contributed by atoms with Crippen molar-refractivity contribution in [1.82, 2.24) is 5.32 Å². The summed E-state index contributed by atoms with van der Waals surface area (Å²) in [4.78, 5) is 12.7. The molecule has 0 aromatic heterocycles. The van der Waals surface area contributed by atoms with Gasteiger partial charge in [-0.3, -0.25) is 4.79 Å². The van der Waals surface area contributed by atoms with Crippen molar-refractivity contribution in [2.75, 3.05) is 27.4 Å². The van der Waals surface area contributed by atoms with E-state index in [1.54, 1.807) is 18.2 Å². The van der Waals surface area contributed by atoms with Crippen molar-refractivity contribution in [2.45, 2.75) is 12.0 Å². The van der Waals surface area contributed by atoms with Crippen molar-refractivity contribution in [3.8, 4) is 17.2 Å². The van der Waals surface area contributed by atoms with E-state index in [0.29, 0.717) is 41.4 Å². The number of rotatable bonds is 5. The molecule has 3 rings (SSSR count). The van der Waals surface area contributed by atoms with Crippen LogP contribution in [0.2, 0.25) is 0 Å². The Balaban J connectivity index is 1.82. The number of aliphatic hydroxyl groups is 1. The van der Waals surface area contributed by atoms with E-state index in [1.807, 2.05) is 24.3 Å². The SMILES string of the molecule is COc1cccc(OC)c1C(=O)NCC1(O)CCOc2ccccc21.